The molecule has 5 nitrogen and oxygen atoms in total. The predicted molar refractivity (Wildman–Crippen MR) is 50.0 cm³/mol. The van der Waals surface area contributed by atoms with E-state index in [9.17, 15) is 9.59 Å². The summed E-state index contributed by atoms with van der Waals surface area (Å²) in [7, 11) is 1.76. The summed E-state index contributed by atoms with van der Waals surface area (Å²) in [5, 5.41) is 5.39. The van der Waals surface area contributed by atoms with Crippen LogP contribution in [0.4, 0.5) is 0 Å². The normalized spacial score (nSPS) is 12.2. The van der Waals surface area contributed by atoms with Crippen LogP contribution in [0.2, 0.25) is 0 Å². The molecule has 5 heteroatoms. The Bertz CT molecular complexity index is 182. The summed E-state index contributed by atoms with van der Waals surface area (Å²) in [6.07, 6.45) is 0.890. The third-order valence-corrected chi connectivity index (χ3v) is 1.69. The molecule has 0 saturated carbocycles. The number of hydrogen-bond acceptors (Lipinski definition) is 3. The summed E-state index contributed by atoms with van der Waals surface area (Å²) in [4.78, 5) is 21.8. The SMILES string of the molecule is CCC(NC(=O)CCNC)C(N)=O. The minimum absolute atomic E-state index is 0.153. The molecule has 0 radical (unpaired) electrons. The van der Waals surface area contributed by atoms with Crippen molar-refractivity contribution >= 4 is 11.8 Å². The molecule has 0 aromatic heterocycles. The molecule has 2 amide bonds. The average molecular weight is 187 g/mol. The fourth-order valence-corrected chi connectivity index (χ4v) is 0.879. The van der Waals surface area contributed by atoms with Crippen molar-refractivity contribution in [3.05, 3.63) is 0 Å². The van der Waals surface area contributed by atoms with Crippen molar-refractivity contribution in [3.8, 4) is 0 Å². The van der Waals surface area contributed by atoms with Gasteiger partial charge in [0.2, 0.25) is 11.8 Å². The Hall–Kier alpha value is -1.10. The zero-order valence-electron chi connectivity index (χ0n) is 8.09. The first-order valence-electron chi connectivity index (χ1n) is 4.35. The zero-order chi connectivity index (χ0) is 10.3. The van der Waals surface area contributed by atoms with Gasteiger partial charge in [-0.15, -0.1) is 0 Å². The van der Waals surface area contributed by atoms with E-state index in [0.29, 0.717) is 19.4 Å². The summed E-state index contributed by atoms with van der Waals surface area (Å²) in [5.41, 5.74) is 5.05. The van der Waals surface area contributed by atoms with Crippen molar-refractivity contribution in [2.24, 2.45) is 5.73 Å². The largest absolute Gasteiger partial charge is 0.368 e. The highest BCUT2D eigenvalue weighted by molar-refractivity contribution is 5.86. The van der Waals surface area contributed by atoms with E-state index in [0.717, 1.165) is 0 Å². The summed E-state index contributed by atoms with van der Waals surface area (Å²) in [5.74, 6) is -0.639. The molecule has 0 rings (SSSR count). The van der Waals surface area contributed by atoms with Crippen LogP contribution in [-0.2, 0) is 9.59 Å². The lowest BCUT2D eigenvalue weighted by atomic mass is 10.2. The second-order valence-corrected chi connectivity index (χ2v) is 2.78. The number of nitrogens with two attached hydrogens (primary N) is 1. The van der Waals surface area contributed by atoms with E-state index in [-0.39, 0.29) is 5.91 Å². The third kappa shape index (κ3) is 5.19. The number of primary amides is 1. The Kier molecular flexibility index (Phi) is 5.88. The van der Waals surface area contributed by atoms with Gasteiger partial charge in [-0.1, -0.05) is 6.92 Å². The second-order valence-electron chi connectivity index (χ2n) is 2.78. The van der Waals surface area contributed by atoms with Gasteiger partial charge >= 0.3 is 0 Å². The molecule has 1 atom stereocenters. The Labute approximate surface area is 78.1 Å². The lowest BCUT2D eigenvalue weighted by molar-refractivity contribution is -0.127. The quantitative estimate of drug-likeness (QED) is 0.497. The van der Waals surface area contributed by atoms with Gasteiger partial charge in [-0.25, -0.2) is 0 Å². The minimum Gasteiger partial charge on any atom is -0.368 e. The number of hydrogen-bond donors (Lipinski definition) is 3. The molecule has 0 heterocycles. The molecule has 4 N–H and O–H groups in total. The van der Waals surface area contributed by atoms with Crippen LogP contribution in [0, 0.1) is 0 Å². The fraction of sp³-hybridized carbons (Fsp3) is 0.750. The molecule has 76 valence electrons. The van der Waals surface area contributed by atoms with Crippen molar-refractivity contribution in [2.75, 3.05) is 13.6 Å². The Morgan fingerprint density at radius 3 is 2.46 bits per heavy atom. The Morgan fingerprint density at radius 2 is 2.08 bits per heavy atom. The number of amides is 2. The zero-order valence-corrected chi connectivity index (χ0v) is 8.09. The monoisotopic (exact) mass is 187 g/mol. The van der Waals surface area contributed by atoms with Gasteiger partial charge in [-0.2, -0.15) is 0 Å². The highest BCUT2D eigenvalue weighted by atomic mass is 16.2. The lowest BCUT2D eigenvalue weighted by Crippen LogP contribution is -2.44. The first kappa shape index (κ1) is 11.9. The van der Waals surface area contributed by atoms with Crippen LogP contribution in [0.1, 0.15) is 19.8 Å². The molecule has 0 aliphatic rings. The lowest BCUT2D eigenvalue weighted by Gasteiger charge is -2.12. The third-order valence-electron chi connectivity index (χ3n) is 1.69. The van der Waals surface area contributed by atoms with Crippen molar-refractivity contribution < 1.29 is 9.59 Å². The van der Waals surface area contributed by atoms with Crippen molar-refractivity contribution in [2.45, 2.75) is 25.8 Å². The molecule has 0 saturated heterocycles. The van der Waals surface area contributed by atoms with Gasteiger partial charge < -0.3 is 16.4 Å². The second kappa shape index (κ2) is 6.42. The standard InChI is InChI=1S/C8H17N3O2/c1-3-6(8(9)13)11-7(12)4-5-10-2/h6,10H,3-5H2,1-2H3,(H2,9,13)(H,11,12). The molecule has 0 aromatic rings. The van der Waals surface area contributed by atoms with Gasteiger partial charge in [0.25, 0.3) is 0 Å². The van der Waals surface area contributed by atoms with Gasteiger partial charge in [-0.05, 0) is 13.5 Å². The van der Waals surface area contributed by atoms with Crippen molar-refractivity contribution in [1.29, 1.82) is 0 Å². The van der Waals surface area contributed by atoms with Crippen LogP contribution in [0.5, 0.6) is 0 Å². The van der Waals surface area contributed by atoms with E-state index in [4.69, 9.17) is 5.73 Å². The van der Waals surface area contributed by atoms with Crippen molar-refractivity contribution in [1.82, 2.24) is 10.6 Å². The summed E-state index contributed by atoms with van der Waals surface area (Å²) < 4.78 is 0. The van der Waals surface area contributed by atoms with Gasteiger partial charge in [0.15, 0.2) is 0 Å². The highest BCUT2D eigenvalue weighted by Gasteiger charge is 2.14. The number of rotatable bonds is 6. The molecule has 13 heavy (non-hydrogen) atoms. The molecule has 0 spiro atoms. The van der Waals surface area contributed by atoms with Gasteiger partial charge in [0.05, 0.1) is 0 Å². The first-order valence-corrected chi connectivity index (χ1v) is 4.35. The van der Waals surface area contributed by atoms with E-state index in [1.54, 1.807) is 14.0 Å². The molecule has 0 aromatic carbocycles. The number of carbonyl (C=O) groups excluding carboxylic acids is 2. The van der Waals surface area contributed by atoms with Crippen LogP contribution >= 0.6 is 0 Å². The van der Waals surface area contributed by atoms with Crippen molar-refractivity contribution in [3.63, 3.8) is 0 Å². The topological polar surface area (TPSA) is 84.2 Å². The van der Waals surface area contributed by atoms with E-state index < -0.39 is 11.9 Å². The minimum atomic E-state index is -0.538. The Balaban J connectivity index is 3.80. The molecular formula is C8H17N3O2. The predicted octanol–water partition coefficient (Wildman–Crippen LogP) is -1.02. The molecule has 0 bridgehead atoms. The van der Waals surface area contributed by atoms with E-state index in [1.807, 2.05) is 0 Å². The smallest absolute Gasteiger partial charge is 0.239 e. The average Bonchev–Trinajstić information content (AvgIpc) is 2.10. The van der Waals surface area contributed by atoms with Crippen LogP contribution in [0.15, 0.2) is 0 Å². The maximum absolute atomic E-state index is 11.1. The first-order chi connectivity index (χ1) is 6.11. The molecule has 0 aliphatic heterocycles. The van der Waals surface area contributed by atoms with Crippen LogP contribution < -0.4 is 16.4 Å². The van der Waals surface area contributed by atoms with Gasteiger partial charge in [0, 0.05) is 13.0 Å². The summed E-state index contributed by atoms with van der Waals surface area (Å²) in [6, 6.07) is -0.538. The van der Waals surface area contributed by atoms with Crippen LogP contribution in [-0.4, -0.2) is 31.4 Å². The molecule has 0 fully saturated rings. The van der Waals surface area contributed by atoms with Crippen LogP contribution in [0.3, 0.4) is 0 Å². The maximum Gasteiger partial charge on any atom is 0.239 e. The molecular weight excluding hydrogens is 170 g/mol. The maximum atomic E-state index is 11.1. The highest BCUT2D eigenvalue weighted by Crippen LogP contribution is 1.90. The van der Waals surface area contributed by atoms with Gasteiger partial charge in [0.1, 0.15) is 6.04 Å². The van der Waals surface area contributed by atoms with Gasteiger partial charge in [-0.3, -0.25) is 9.59 Å². The summed E-state index contributed by atoms with van der Waals surface area (Å²) in [6.45, 7) is 2.40. The van der Waals surface area contributed by atoms with Crippen LogP contribution in [0.25, 0.3) is 0 Å². The molecule has 0 aliphatic carbocycles. The number of nitrogens with one attached hydrogen (secondary N) is 2. The fourth-order valence-electron chi connectivity index (χ4n) is 0.879. The summed E-state index contributed by atoms with van der Waals surface area (Å²) >= 11 is 0. The van der Waals surface area contributed by atoms with E-state index >= 15 is 0 Å². The van der Waals surface area contributed by atoms with E-state index in [2.05, 4.69) is 10.6 Å². The molecule has 1 unspecified atom stereocenters. The number of carbonyl (C=O) groups is 2. The Morgan fingerprint density at radius 1 is 1.46 bits per heavy atom. The van der Waals surface area contributed by atoms with E-state index in [1.165, 1.54) is 0 Å².